The first-order valence-electron chi connectivity index (χ1n) is 9.86. The highest BCUT2D eigenvalue weighted by molar-refractivity contribution is 5.80. The third-order valence-electron chi connectivity index (χ3n) is 6.34. The van der Waals surface area contributed by atoms with Gasteiger partial charge in [-0.3, -0.25) is 4.79 Å². The van der Waals surface area contributed by atoms with E-state index in [4.69, 9.17) is 4.74 Å². The lowest BCUT2D eigenvalue weighted by molar-refractivity contribution is -0.145. The zero-order valence-corrected chi connectivity index (χ0v) is 15.5. The number of esters is 1. The van der Waals surface area contributed by atoms with Crippen LogP contribution in [0.3, 0.4) is 0 Å². The van der Waals surface area contributed by atoms with Crippen LogP contribution in [0.1, 0.15) is 83.6 Å². The van der Waals surface area contributed by atoms with Gasteiger partial charge in [-0.15, -0.1) is 0 Å². The predicted molar refractivity (Wildman–Crippen MR) is 98.2 cm³/mol. The lowest BCUT2D eigenvalue weighted by atomic mass is 9.84. The quantitative estimate of drug-likeness (QED) is 0.446. The van der Waals surface area contributed by atoms with Crippen molar-refractivity contribution < 1.29 is 9.53 Å². The Labute approximate surface area is 147 Å². The molecule has 2 saturated carbocycles. The van der Waals surface area contributed by atoms with Gasteiger partial charge in [0.05, 0.1) is 5.41 Å². The third kappa shape index (κ3) is 3.53. The highest BCUT2D eigenvalue weighted by atomic mass is 16.5. The summed E-state index contributed by atoms with van der Waals surface area (Å²) in [7, 11) is 0. The van der Waals surface area contributed by atoms with Crippen molar-refractivity contribution in [3.05, 3.63) is 29.8 Å². The molecule has 0 saturated heterocycles. The van der Waals surface area contributed by atoms with Crippen molar-refractivity contribution in [1.82, 2.24) is 0 Å². The molecule has 2 heteroatoms. The number of fused-ring (bicyclic) bond motifs is 2. The normalized spacial score (nSPS) is 26.8. The Hall–Kier alpha value is -1.31. The maximum absolute atomic E-state index is 12.8. The molecular formula is C22H32O2. The highest BCUT2D eigenvalue weighted by Crippen LogP contribution is 2.54. The molecule has 2 fully saturated rings. The van der Waals surface area contributed by atoms with Crippen LogP contribution in [0.25, 0.3) is 0 Å². The van der Waals surface area contributed by atoms with Crippen LogP contribution in [-0.4, -0.2) is 5.97 Å². The monoisotopic (exact) mass is 328 g/mol. The van der Waals surface area contributed by atoms with E-state index in [0.717, 1.165) is 30.9 Å². The van der Waals surface area contributed by atoms with Crippen molar-refractivity contribution in [3.8, 4) is 5.75 Å². The maximum Gasteiger partial charge on any atom is 0.317 e. The second kappa shape index (κ2) is 7.29. The summed E-state index contributed by atoms with van der Waals surface area (Å²) in [6, 6.07) is 8.28. The molecule has 2 nitrogen and oxygen atoms in total. The van der Waals surface area contributed by atoms with E-state index in [9.17, 15) is 4.79 Å². The van der Waals surface area contributed by atoms with Gasteiger partial charge in [0.15, 0.2) is 0 Å². The topological polar surface area (TPSA) is 26.3 Å². The predicted octanol–water partition coefficient (Wildman–Crippen LogP) is 6.10. The number of carbonyl (C=O) groups is 1. The molecule has 0 N–H and O–H groups in total. The van der Waals surface area contributed by atoms with Gasteiger partial charge in [-0.25, -0.2) is 0 Å². The summed E-state index contributed by atoms with van der Waals surface area (Å²) >= 11 is 0. The van der Waals surface area contributed by atoms with Gasteiger partial charge in [-0.1, -0.05) is 45.7 Å². The van der Waals surface area contributed by atoms with Crippen LogP contribution in [0.5, 0.6) is 5.75 Å². The molecule has 1 aromatic carbocycles. The molecule has 132 valence electrons. The molecule has 1 atom stereocenters. The zero-order chi connectivity index (χ0) is 17.2. The minimum Gasteiger partial charge on any atom is -0.426 e. The number of carbonyl (C=O) groups excluding carboxylic acids is 1. The average Bonchev–Trinajstić information content (AvgIpc) is 3.18. The number of ether oxygens (including phenoxy) is 1. The summed E-state index contributed by atoms with van der Waals surface area (Å²) in [5.41, 5.74) is 1.15. The summed E-state index contributed by atoms with van der Waals surface area (Å²) in [5, 5.41) is 0. The molecule has 2 aliphatic carbocycles. The first-order chi connectivity index (χ1) is 11.5. The molecule has 0 radical (unpaired) electrons. The molecule has 0 aromatic heterocycles. The molecule has 1 unspecified atom stereocenters. The summed E-state index contributed by atoms with van der Waals surface area (Å²) in [6.07, 6.45) is 9.21. The van der Waals surface area contributed by atoms with Gasteiger partial charge in [0.1, 0.15) is 5.75 Å². The van der Waals surface area contributed by atoms with Gasteiger partial charge in [0.2, 0.25) is 0 Å². The van der Waals surface area contributed by atoms with Gasteiger partial charge in [-0.2, -0.15) is 0 Å². The van der Waals surface area contributed by atoms with E-state index >= 15 is 0 Å². The van der Waals surface area contributed by atoms with Gasteiger partial charge in [-0.05, 0) is 74.0 Å². The van der Waals surface area contributed by atoms with Crippen molar-refractivity contribution in [3.63, 3.8) is 0 Å². The standard InChI is InChI=1S/C22H32O2/c1-4-5-9-20(16(2)3)18-7-6-8-19(14-18)24-21(23)22-12-10-17(15-22)11-13-22/h6-8,14,16-17,20H,4-5,9-13,15H2,1-3H3. The minimum absolute atomic E-state index is 0.0225. The molecule has 0 heterocycles. The first kappa shape index (κ1) is 17.5. The second-order valence-electron chi connectivity index (χ2n) is 8.38. The number of hydrogen-bond donors (Lipinski definition) is 0. The Morgan fingerprint density at radius 2 is 2.04 bits per heavy atom. The number of unbranched alkanes of at least 4 members (excludes halogenated alkanes) is 1. The van der Waals surface area contributed by atoms with Gasteiger partial charge >= 0.3 is 5.97 Å². The van der Waals surface area contributed by atoms with E-state index in [2.05, 4.69) is 32.9 Å². The van der Waals surface area contributed by atoms with Gasteiger partial charge in [0.25, 0.3) is 0 Å². The molecular weight excluding hydrogens is 296 g/mol. The van der Waals surface area contributed by atoms with Gasteiger partial charge in [0, 0.05) is 0 Å². The van der Waals surface area contributed by atoms with Crippen LogP contribution in [0, 0.1) is 17.3 Å². The molecule has 0 spiro atoms. The Morgan fingerprint density at radius 1 is 1.29 bits per heavy atom. The molecule has 0 aliphatic heterocycles. The third-order valence-corrected chi connectivity index (χ3v) is 6.34. The fourth-order valence-corrected chi connectivity index (χ4v) is 4.81. The Kier molecular flexibility index (Phi) is 5.32. The molecule has 1 aromatic rings. The van der Waals surface area contributed by atoms with Gasteiger partial charge < -0.3 is 4.74 Å². The van der Waals surface area contributed by atoms with E-state index in [0.29, 0.717) is 11.8 Å². The number of benzene rings is 1. The lowest BCUT2D eigenvalue weighted by Crippen LogP contribution is -2.30. The van der Waals surface area contributed by atoms with E-state index in [1.54, 1.807) is 0 Å². The van der Waals surface area contributed by atoms with Crippen LogP contribution in [0.2, 0.25) is 0 Å². The Morgan fingerprint density at radius 3 is 2.62 bits per heavy atom. The molecule has 24 heavy (non-hydrogen) atoms. The smallest absolute Gasteiger partial charge is 0.317 e. The first-order valence-corrected chi connectivity index (χ1v) is 9.86. The van der Waals surface area contributed by atoms with E-state index in [-0.39, 0.29) is 11.4 Å². The summed E-state index contributed by atoms with van der Waals surface area (Å²) < 4.78 is 5.86. The fraction of sp³-hybridized carbons (Fsp3) is 0.682. The van der Waals surface area contributed by atoms with Crippen molar-refractivity contribution in [2.75, 3.05) is 0 Å². The summed E-state index contributed by atoms with van der Waals surface area (Å²) in [6.45, 7) is 6.82. The SMILES string of the molecule is CCCCC(c1cccc(OC(=O)C23CCC(CC2)C3)c1)C(C)C. The highest BCUT2D eigenvalue weighted by Gasteiger charge is 2.51. The second-order valence-corrected chi connectivity index (χ2v) is 8.38. The van der Waals surface area contributed by atoms with E-state index in [1.165, 1.54) is 37.7 Å². The van der Waals surface area contributed by atoms with Crippen LogP contribution in [-0.2, 0) is 4.79 Å². The van der Waals surface area contributed by atoms with Crippen LogP contribution in [0.4, 0.5) is 0 Å². The molecule has 2 bridgehead atoms. The largest absolute Gasteiger partial charge is 0.426 e. The summed E-state index contributed by atoms with van der Waals surface area (Å²) in [4.78, 5) is 12.8. The van der Waals surface area contributed by atoms with Crippen molar-refractivity contribution >= 4 is 5.97 Å². The Balaban J connectivity index is 1.71. The van der Waals surface area contributed by atoms with Crippen molar-refractivity contribution in [2.24, 2.45) is 17.3 Å². The fourth-order valence-electron chi connectivity index (χ4n) is 4.81. The lowest BCUT2D eigenvalue weighted by Gasteiger charge is -2.25. The van der Waals surface area contributed by atoms with E-state index in [1.807, 2.05) is 12.1 Å². The van der Waals surface area contributed by atoms with Crippen molar-refractivity contribution in [2.45, 2.75) is 78.1 Å². The zero-order valence-electron chi connectivity index (χ0n) is 15.5. The Bertz CT molecular complexity index is 567. The van der Waals surface area contributed by atoms with Crippen molar-refractivity contribution in [1.29, 1.82) is 0 Å². The minimum atomic E-state index is -0.166. The number of rotatable bonds is 7. The maximum atomic E-state index is 12.8. The van der Waals surface area contributed by atoms with Crippen LogP contribution >= 0.6 is 0 Å². The van der Waals surface area contributed by atoms with E-state index < -0.39 is 0 Å². The number of hydrogen-bond acceptors (Lipinski definition) is 2. The van der Waals surface area contributed by atoms with Crippen LogP contribution in [0.15, 0.2) is 24.3 Å². The average molecular weight is 328 g/mol. The molecule has 3 rings (SSSR count). The molecule has 0 amide bonds. The van der Waals surface area contributed by atoms with Crippen LogP contribution < -0.4 is 4.74 Å². The summed E-state index contributed by atoms with van der Waals surface area (Å²) in [5.74, 6) is 2.68. The molecule has 2 aliphatic rings.